The van der Waals surface area contributed by atoms with Gasteiger partial charge in [-0.3, -0.25) is 0 Å². The summed E-state index contributed by atoms with van der Waals surface area (Å²) in [5, 5.41) is 16.9. The van der Waals surface area contributed by atoms with Crippen molar-refractivity contribution in [1.82, 2.24) is 5.32 Å². The molecule has 0 unspecified atom stereocenters. The summed E-state index contributed by atoms with van der Waals surface area (Å²) in [5.41, 5.74) is 0.643. The van der Waals surface area contributed by atoms with Crippen LogP contribution in [-0.2, 0) is 0 Å². The fraction of sp³-hybridized carbons (Fsp3) is 0.105. The topological polar surface area (TPSA) is 70.6 Å². The molecule has 0 aromatic heterocycles. The molecule has 3 aromatic rings. The van der Waals surface area contributed by atoms with Gasteiger partial charge in [-0.2, -0.15) is 0 Å². The molecule has 0 saturated heterocycles. The van der Waals surface area contributed by atoms with Crippen molar-refractivity contribution in [2.75, 3.05) is 18.5 Å². The lowest BCUT2D eigenvalue weighted by Crippen LogP contribution is -2.32. The monoisotopic (exact) mass is 322 g/mol. The van der Waals surface area contributed by atoms with Gasteiger partial charge in [0, 0.05) is 10.8 Å². The van der Waals surface area contributed by atoms with Crippen molar-refractivity contribution >= 4 is 22.5 Å². The Kier molecular flexibility index (Phi) is 4.81. The minimum Gasteiger partial charge on any atom is -0.507 e. The van der Waals surface area contributed by atoms with E-state index in [2.05, 4.69) is 10.6 Å². The molecule has 122 valence electrons. The number of rotatable bonds is 5. The highest BCUT2D eigenvalue weighted by Crippen LogP contribution is 2.29. The first kappa shape index (κ1) is 15.7. The van der Waals surface area contributed by atoms with Crippen molar-refractivity contribution in [3.8, 4) is 11.5 Å². The molecule has 5 nitrogen and oxygen atoms in total. The number of anilines is 1. The van der Waals surface area contributed by atoms with Gasteiger partial charge in [-0.05, 0) is 24.3 Å². The summed E-state index contributed by atoms with van der Waals surface area (Å²) in [6, 6.07) is 19.7. The van der Waals surface area contributed by atoms with Crippen molar-refractivity contribution < 1.29 is 14.6 Å². The van der Waals surface area contributed by atoms with E-state index in [4.69, 9.17) is 4.74 Å². The predicted molar refractivity (Wildman–Crippen MR) is 94.6 cm³/mol. The zero-order valence-corrected chi connectivity index (χ0v) is 13.0. The van der Waals surface area contributed by atoms with Gasteiger partial charge in [-0.1, -0.05) is 42.5 Å². The van der Waals surface area contributed by atoms with Crippen molar-refractivity contribution in [1.29, 1.82) is 0 Å². The number of ether oxygens (including phenoxy) is 1. The van der Waals surface area contributed by atoms with Gasteiger partial charge < -0.3 is 20.5 Å². The lowest BCUT2D eigenvalue weighted by atomic mass is 10.1. The van der Waals surface area contributed by atoms with Crippen LogP contribution in [0.4, 0.5) is 10.5 Å². The van der Waals surface area contributed by atoms with Crippen LogP contribution < -0.4 is 15.4 Å². The quantitative estimate of drug-likeness (QED) is 0.627. The zero-order valence-electron chi connectivity index (χ0n) is 13.0. The molecule has 0 spiro atoms. The minimum absolute atomic E-state index is 0.188. The Balaban J connectivity index is 1.55. The third-order valence-corrected chi connectivity index (χ3v) is 3.55. The molecule has 0 heterocycles. The average molecular weight is 322 g/mol. The van der Waals surface area contributed by atoms with Gasteiger partial charge in [-0.15, -0.1) is 0 Å². The fourth-order valence-corrected chi connectivity index (χ4v) is 2.42. The molecule has 3 rings (SSSR count). The molecule has 3 N–H and O–H groups in total. The number of carbonyl (C=O) groups is 1. The number of benzene rings is 3. The molecule has 0 aliphatic rings. The second-order valence-corrected chi connectivity index (χ2v) is 5.22. The molecule has 5 heteroatoms. The maximum absolute atomic E-state index is 12.0. The Bertz CT molecular complexity index is 834. The van der Waals surface area contributed by atoms with Crippen molar-refractivity contribution in [3.63, 3.8) is 0 Å². The Hall–Kier alpha value is -3.21. The van der Waals surface area contributed by atoms with Gasteiger partial charge in [0.1, 0.15) is 18.1 Å². The number of aromatic hydroxyl groups is 1. The summed E-state index contributed by atoms with van der Waals surface area (Å²) in [7, 11) is 0. The van der Waals surface area contributed by atoms with E-state index in [1.807, 2.05) is 36.4 Å². The number of para-hydroxylation sites is 1. The first-order valence-electron chi connectivity index (χ1n) is 7.67. The van der Waals surface area contributed by atoms with Crippen LogP contribution >= 0.6 is 0 Å². The maximum Gasteiger partial charge on any atom is 0.319 e. The summed E-state index contributed by atoms with van der Waals surface area (Å²) in [6.45, 7) is 0.768. The van der Waals surface area contributed by atoms with Crippen molar-refractivity contribution in [3.05, 3.63) is 66.7 Å². The lowest BCUT2D eigenvalue weighted by Gasteiger charge is -2.11. The predicted octanol–water partition coefficient (Wildman–Crippen LogP) is 3.75. The first-order chi connectivity index (χ1) is 11.7. The normalized spacial score (nSPS) is 10.3. The largest absolute Gasteiger partial charge is 0.507 e. The number of carbonyl (C=O) groups excluding carboxylic acids is 1. The Morgan fingerprint density at radius 3 is 2.50 bits per heavy atom. The van der Waals surface area contributed by atoms with Crippen LogP contribution in [0.5, 0.6) is 11.5 Å². The highest BCUT2D eigenvalue weighted by molar-refractivity contribution is 6.03. The molecule has 0 bridgehead atoms. The van der Waals surface area contributed by atoms with Crippen molar-refractivity contribution in [2.45, 2.75) is 0 Å². The van der Waals surface area contributed by atoms with Gasteiger partial charge in [0.15, 0.2) is 0 Å². The number of hydrogen-bond donors (Lipinski definition) is 3. The highest BCUT2D eigenvalue weighted by atomic mass is 16.5. The van der Waals surface area contributed by atoms with Crippen LogP contribution in [0.15, 0.2) is 66.7 Å². The Morgan fingerprint density at radius 2 is 1.67 bits per heavy atom. The molecular formula is C19H18N2O3. The number of phenolic OH excluding ortho intramolecular Hbond substituents is 1. The molecule has 0 fully saturated rings. The van der Waals surface area contributed by atoms with Crippen LogP contribution in [0.1, 0.15) is 0 Å². The van der Waals surface area contributed by atoms with E-state index in [-0.39, 0.29) is 11.8 Å². The van der Waals surface area contributed by atoms with Crippen LogP contribution in [0, 0.1) is 0 Å². The van der Waals surface area contributed by atoms with Crippen LogP contribution in [-0.4, -0.2) is 24.3 Å². The van der Waals surface area contributed by atoms with Gasteiger partial charge in [0.2, 0.25) is 0 Å². The molecule has 0 atom stereocenters. The highest BCUT2D eigenvalue weighted by Gasteiger charge is 2.07. The maximum atomic E-state index is 12.0. The second kappa shape index (κ2) is 7.37. The molecule has 2 amide bonds. The number of nitrogens with one attached hydrogen (secondary N) is 2. The van der Waals surface area contributed by atoms with E-state index in [1.165, 1.54) is 0 Å². The molecule has 0 radical (unpaired) electrons. The molecule has 0 saturated carbocycles. The summed E-state index contributed by atoms with van der Waals surface area (Å²) >= 11 is 0. The Morgan fingerprint density at radius 1 is 0.917 bits per heavy atom. The summed E-state index contributed by atoms with van der Waals surface area (Å²) in [4.78, 5) is 12.0. The molecule has 0 aliphatic carbocycles. The fourth-order valence-electron chi connectivity index (χ4n) is 2.42. The second-order valence-electron chi connectivity index (χ2n) is 5.22. The van der Waals surface area contributed by atoms with Gasteiger partial charge in [0.05, 0.1) is 12.2 Å². The van der Waals surface area contributed by atoms with E-state index < -0.39 is 0 Å². The van der Waals surface area contributed by atoms with Gasteiger partial charge in [0.25, 0.3) is 0 Å². The molecule has 3 aromatic carbocycles. The summed E-state index contributed by atoms with van der Waals surface area (Å²) in [6.07, 6.45) is 0. The zero-order chi connectivity index (χ0) is 16.8. The van der Waals surface area contributed by atoms with Gasteiger partial charge >= 0.3 is 6.03 Å². The molecule has 24 heavy (non-hydrogen) atoms. The standard InChI is InChI=1S/C19H18N2O3/c22-18-11-5-8-15-16(18)9-4-10-17(15)21-19(23)20-12-13-24-14-6-2-1-3-7-14/h1-11,22H,12-13H2,(H2,20,21,23). The third kappa shape index (κ3) is 3.76. The number of urea groups is 1. The van der Waals surface area contributed by atoms with E-state index in [0.29, 0.717) is 24.2 Å². The van der Waals surface area contributed by atoms with E-state index in [0.717, 1.165) is 11.1 Å². The number of fused-ring (bicyclic) bond motifs is 1. The molecular weight excluding hydrogens is 304 g/mol. The smallest absolute Gasteiger partial charge is 0.319 e. The third-order valence-electron chi connectivity index (χ3n) is 3.55. The SMILES string of the molecule is O=C(NCCOc1ccccc1)Nc1cccc2c(O)cccc12. The molecule has 0 aliphatic heterocycles. The van der Waals surface area contributed by atoms with Crippen molar-refractivity contribution in [2.24, 2.45) is 0 Å². The number of phenols is 1. The minimum atomic E-state index is -0.317. The van der Waals surface area contributed by atoms with Crippen LogP contribution in [0.25, 0.3) is 10.8 Å². The number of hydrogen-bond acceptors (Lipinski definition) is 3. The van der Waals surface area contributed by atoms with E-state index >= 15 is 0 Å². The van der Waals surface area contributed by atoms with Crippen LogP contribution in [0.3, 0.4) is 0 Å². The number of amides is 2. The Labute approximate surface area is 139 Å². The van der Waals surface area contributed by atoms with E-state index in [9.17, 15) is 9.90 Å². The van der Waals surface area contributed by atoms with E-state index in [1.54, 1.807) is 30.3 Å². The first-order valence-corrected chi connectivity index (χ1v) is 7.67. The van der Waals surface area contributed by atoms with Crippen LogP contribution in [0.2, 0.25) is 0 Å². The lowest BCUT2D eigenvalue weighted by molar-refractivity contribution is 0.247. The summed E-state index contributed by atoms with van der Waals surface area (Å²) in [5.74, 6) is 0.956. The summed E-state index contributed by atoms with van der Waals surface area (Å²) < 4.78 is 5.52. The average Bonchev–Trinajstić information content (AvgIpc) is 2.61. The van der Waals surface area contributed by atoms with Gasteiger partial charge in [-0.25, -0.2) is 4.79 Å².